The van der Waals surface area contributed by atoms with Gasteiger partial charge in [-0.3, -0.25) is 0 Å². The molecule has 13 rings (SSSR count). The van der Waals surface area contributed by atoms with Gasteiger partial charge in [-0.25, -0.2) is 0 Å². The molecule has 11 aromatic carbocycles. The Bertz CT molecular complexity index is 3810. The normalized spacial score (nSPS) is 13.7. The molecule has 0 bridgehead atoms. The summed E-state index contributed by atoms with van der Waals surface area (Å²) >= 11 is 0. The van der Waals surface area contributed by atoms with Crippen molar-refractivity contribution in [2.45, 2.75) is 38.5 Å². The molecule has 0 saturated heterocycles. The van der Waals surface area contributed by atoms with Gasteiger partial charge in [-0.1, -0.05) is 210 Å². The van der Waals surface area contributed by atoms with E-state index in [1.54, 1.807) is 0 Å². The van der Waals surface area contributed by atoms with Crippen LogP contribution in [0.25, 0.3) is 66.1 Å². The molecule has 2 aliphatic rings. The van der Waals surface area contributed by atoms with Crippen LogP contribution in [0.1, 0.15) is 49.9 Å². The van der Waals surface area contributed by atoms with Crippen molar-refractivity contribution < 1.29 is 0 Å². The van der Waals surface area contributed by atoms with E-state index in [4.69, 9.17) is 0 Å². The molecule has 0 fully saturated rings. The first-order chi connectivity index (χ1) is 34.2. The van der Waals surface area contributed by atoms with E-state index in [1.807, 2.05) is 0 Å². The smallest absolute Gasteiger partial charge is 0.0561 e. The minimum Gasteiger partial charge on any atom is -0.310 e. The van der Waals surface area contributed by atoms with Gasteiger partial charge in [-0.15, -0.1) is 0 Å². The first-order valence-corrected chi connectivity index (χ1v) is 24.6. The van der Waals surface area contributed by atoms with Crippen LogP contribution in [0, 0.1) is 0 Å². The van der Waals surface area contributed by atoms with Crippen LogP contribution in [-0.2, 0) is 10.8 Å². The fourth-order valence-corrected chi connectivity index (χ4v) is 11.8. The van der Waals surface area contributed by atoms with E-state index in [-0.39, 0.29) is 10.8 Å². The SMILES string of the molecule is CC1(C)c2ccccc2-c2ccc(N(c3ccc(-c4ccccc4)cc3)c3cc(N(c4ccc(-c5ccccc5)cc4)c4ccc5c(c4)C(C)(C)c4ccccc4-5)c4ccc5ccccc5c4c3)cc21. The van der Waals surface area contributed by atoms with Crippen molar-refractivity contribution in [2.24, 2.45) is 0 Å². The molecule has 2 heteroatoms. The summed E-state index contributed by atoms with van der Waals surface area (Å²) in [6.07, 6.45) is 0. The summed E-state index contributed by atoms with van der Waals surface area (Å²) in [5, 5.41) is 4.82. The first-order valence-electron chi connectivity index (χ1n) is 24.6. The lowest BCUT2D eigenvalue weighted by Gasteiger charge is -2.32. The maximum atomic E-state index is 2.51. The van der Waals surface area contributed by atoms with Crippen molar-refractivity contribution in [1.82, 2.24) is 0 Å². The predicted molar refractivity (Wildman–Crippen MR) is 297 cm³/mol. The number of rotatable bonds is 8. The third-order valence-electron chi connectivity index (χ3n) is 15.4. The highest BCUT2D eigenvalue weighted by Crippen LogP contribution is 2.54. The maximum absolute atomic E-state index is 2.51. The lowest BCUT2D eigenvalue weighted by molar-refractivity contribution is 0.660. The largest absolute Gasteiger partial charge is 0.310 e. The zero-order valence-electron chi connectivity index (χ0n) is 40.0. The maximum Gasteiger partial charge on any atom is 0.0561 e. The van der Waals surface area contributed by atoms with Crippen molar-refractivity contribution in [1.29, 1.82) is 0 Å². The molecule has 70 heavy (non-hydrogen) atoms. The molecule has 0 N–H and O–H groups in total. The molecule has 0 unspecified atom stereocenters. The highest BCUT2D eigenvalue weighted by molar-refractivity contribution is 6.15. The summed E-state index contributed by atoms with van der Waals surface area (Å²) in [4.78, 5) is 4.99. The standard InChI is InChI=1S/C68H52N2/c1-67(2)62-25-15-13-23-56(62)58-39-36-52(42-64(58)67)69(50-32-27-47(28-33-50)45-17-7-5-8-18-45)54-41-61-55-22-12-11-21-49(55)31-38-60(61)66(44-54)70(51-34-29-48(30-35-51)46-19-9-6-10-20-46)53-37-40-59-57-24-14-16-26-63(57)68(3,4)65(59)43-53/h5-44H,1-4H3. The van der Waals surface area contributed by atoms with Crippen LogP contribution in [0.2, 0.25) is 0 Å². The summed E-state index contributed by atoms with van der Waals surface area (Å²) in [6.45, 7) is 9.50. The molecule has 11 aromatic rings. The van der Waals surface area contributed by atoms with Gasteiger partial charge < -0.3 is 9.80 Å². The third-order valence-corrected chi connectivity index (χ3v) is 15.4. The van der Waals surface area contributed by atoms with Crippen LogP contribution in [0.4, 0.5) is 34.1 Å². The van der Waals surface area contributed by atoms with Crippen LogP contribution < -0.4 is 9.80 Å². The molecule has 0 saturated carbocycles. The van der Waals surface area contributed by atoms with Crippen molar-refractivity contribution in [3.05, 3.63) is 265 Å². The summed E-state index contributed by atoms with van der Waals surface area (Å²) in [7, 11) is 0. The minimum absolute atomic E-state index is 0.167. The number of hydrogen-bond acceptors (Lipinski definition) is 2. The monoisotopic (exact) mass is 896 g/mol. The van der Waals surface area contributed by atoms with Gasteiger partial charge in [0, 0.05) is 44.7 Å². The number of anilines is 6. The Hall–Kier alpha value is -8.46. The number of fused-ring (bicyclic) bond motifs is 9. The highest BCUT2D eigenvalue weighted by Gasteiger charge is 2.37. The lowest BCUT2D eigenvalue weighted by atomic mass is 9.82. The van der Waals surface area contributed by atoms with E-state index in [9.17, 15) is 0 Å². The zero-order valence-corrected chi connectivity index (χ0v) is 40.0. The van der Waals surface area contributed by atoms with Gasteiger partial charge >= 0.3 is 0 Å². The van der Waals surface area contributed by atoms with E-state index < -0.39 is 0 Å². The molecular weight excluding hydrogens is 845 g/mol. The van der Waals surface area contributed by atoms with Gasteiger partial charge in [0.15, 0.2) is 0 Å². The summed E-state index contributed by atoms with van der Waals surface area (Å²) in [6, 6.07) is 90.1. The number of benzene rings is 11. The van der Waals surface area contributed by atoms with Gasteiger partial charge in [0.25, 0.3) is 0 Å². The van der Waals surface area contributed by atoms with Crippen LogP contribution in [0.15, 0.2) is 243 Å². The molecule has 0 radical (unpaired) electrons. The fourth-order valence-electron chi connectivity index (χ4n) is 11.8. The van der Waals surface area contributed by atoms with Gasteiger partial charge in [0.2, 0.25) is 0 Å². The highest BCUT2D eigenvalue weighted by atomic mass is 15.2. The average molecular weight is 897 g/mol. The Morgan fingerprint density at radius 1 is 0.257 bits per heavy atom. The second-order valence-electron chi connectivity index (χ2n) is 20.1. The zero-order chi connectivity index (χ0) is 47.1. The molecule has 0 spiro atoms. The van der Waals surface area contributed by atoms with Gasteiger partial charge in [0.1, 0.15) is 0 Å². The van der Waals surface area contributed by atoms with Crippen molar-refractivity contribution in [3.63, 3.8) is 0 Å². The Morgan fingerprint density at radius 2 is 0.686 bits per heavy atom. The molecule has 0 aliphatic heterocycles. The molecule has 0 atom stereocenters. The number of nitrogens with zero attached hydrogens (tertiary/aromatic N) is 2. The third kappa shape index (κ3) is 6.62. The van der Waals surface area contributed by atoms with Crippen molar-refractivity contribution >= 4 is 55.7 Å². The minimum atomic E-state index is -0.172. The Labute approximate surface area is 411 Å². The summed E-state index contributed by atoms with van der Waals surface area (Å²) in [5.74, 6) is 0. The lowest BCUT2D eigenvalue weighted by Crippen LogP contribution is -2.18. The van der Waals surface area contributed by atoms with Gasteiger partial charge in [-0.2, -0.15) is 0 Å². The van der Waals surface area contributed by atoms with Crippen molar-refractivity contribution in [3.8, 4) is 44.5 Å². The van der Waals surface area contributed by atoms with E-state index in [2.05, 4.69) is 280 Å². The van der Waals surface area contributed by atoms with Crippen molar-refractivity contribution in [2.75, 3.05) is 9.80 Å². The van der Waals surface area contributed by atoms with Crippen LogP contribution >= 0.6 is 0 Å². The van der Waals surface area contributed by atoms with E-state index in [1.165, 1.54) is 88.3 Å². The molecule has 0 aromatic heterocycles. The van der Waals surface area contributed by atoms with Crippen LogP contribution in [0.5, 0.6) is 0 Å². The Morgan fingerprint density at radius 3 is 1.24 bits per heavy atom. The number of hydrogen-bond donors (Lipinski definition) is 0. The fraction of sp³-hybridized carbons (Fsp3) is 0.0882. The van der Waals surface area contributed by atoms with E-state index in [0.717, 1.165) is 34.1 Å². The molecule has 0 heterocycles. The molecule has 334 valence electrons. The van der Waals surface area contributed by atoms with E-state index in [0.29, 0.717) is 0 Å². The average Bonchev–Trinajstić information content (AvgIpc) is 3.78. The Kier molecular flexibility index (Phi) is 9.58. The molecule has 2 aliphatic carbocycles. The van der Waals surface area contributed by atoms with Crippen LogP contribution in [0.3, 0.4) is 0 Å². The van der Waals surface area contributed by atoms with Crippen LogP contribution in [-0.4, -0.2) is 0 Å². The Balaban J connectivity index is 1.07. The first kappa shape index (κ1) is 41.7. The second kappa shape index (κ2) is 16.1. The van der Waals surface area contributed by atoms with E-state index >= 15 is 0 Å². The quantitative estimate of drug-likeness (QED) is 0.140. The topological polar surface area (TPSA) is 6.48 Å². The molecular formula is C68H52N2. The molecule has 2 nitrogen and oxygen atoms in total. The predicted octanol–water partition coefficient (Wildman–Crippen LogP) is 18.9. The van der Waals surface area contributed by atoms with Gasteiger partial charge in [-0.05, 0) is 144 Å². The molecule has 0 amide bonds. The second-order valence-corrected chi connectivity index (χ2v) is 20.1. The summed E-state index contributed by atoms with van der Waals surface area (Å²) in [5.41, 5.74) is 21.7. The van der Waals surface area contributed by atoms with Gasteiger partial charge in [0.05, 0.1) is 5.69 Å². The summed E-state index contributed by atoms with van der Waals surface area (Å²) < 4.78 is 0.